The Labute approximate surface area is 82.0 Å². The van der Waals surface area contributed by atoms with Crippen molar-refractivity contribution in [3.63, 3.8) is 0 Å². The summed E-state index contributed by atoms with van der Waals surface area (Å²) in [5.41, 5.74) is 0.250. The van der Waals surface area contributed by atoms with Crippen LogP contribution in [0.1, 0.15) is 19.8 Å². The lowest BCUT2D eigenvalue weighted by molar-refractivity contribution is -0.132. The number of nitrogens with zero attached hydrogens (tertiary/aromatic N) is 1. The fourth-order valence-corrected chi connectivity index (χ4v) is 0.722. The van der Waals surface area contributed by atoms with E-state index in [0.29, 0.717) is 13.0 Å². The topological polar surface area (TPSA) is 90.2 Å². The Morgan fingerprint density at radius 3 is 2.71 bits per heavy atom. The molecule has 0 heterocycles. The molecule has 0 radical (unpaired) electrons. The zero-order valence-corrected chi connectivity index (χ0v) is 7.91. The zero-order valence-electron chi connectivity index (χ0n) is 7.91. The van der Waals surface area contributed by atoms with Gasteiger partial charge >= 0.3 is 5.97 Å². The summed E-state index contributed by atoms with van der Waals surface area (Å²) in [5.74, 6) is -1.30. The molecule has 0 saturated heterocycles. The summed E-state index contributed by atoms with van der Waals surface area (Å²) < 4.78 is 0. The summed E-state index contributed by atoms with van der Waals surface area (Å²) in [6.45, 7) is 1.84. The van der Waals surface area contributed by atoms with E-state index in [1.54, 1.807) is 6.07 Å². The molecule has 5 nitrogen and oxygen atoms in total. The van der Waals surface area contributed by atoms with Gasteiger partial charge in [0.2, 0.25) is 5.91 Å². The summed E-state index contributed by atoms with van der Waals surface area (Å²) in [4.78, 5) is 21.1. The van der Waals surface area contributed by atoms with Gasteiger partial charge in [-0.05, 0) is 13.3 Å². The number of carboxylic acid groups (broad SMARTS) is 1. The summed E-state index contributed by atoms with van der Waals surface area (Å²) >= 11 is 0. The van der Waals surface area contributed by atoms with E-state index in [1.807, 2.05) is 0 Å². The first kappa shape index (κ1) is 12.2. The van der Waals surface area contributed by atoms with E-state index in [4.69, 9.17) is 10.4 Å². The number of nitriles is 1. The normalized spacial score (nSPS) is 10.4. The molecule has 0 saturated carbocycles. The van der Waals surface area contributed by atoms with Crippen LogP contribution in [-0.4, -0.2) is 23.5 Å². The first-order chi connectivity index (χ1) is 6.57. The molecule has 0 aromatic rings. The predicted octanol–water partition coefficient (Wildman–Crippen LogP) is 0.437. The van der Waals surface area contributed by atoms with E-state index < -0.39 is 5.97 Å². The molecule has 0 rings (SSSR count). The standard InChI is InChI=1S/C9H12N2O3/c1-7(9(13)14)3-2-6-11-8(12)4-5-10/h3H,2,4,6H2,1H3,(H,11,12)(H,13,14). The average molecular weight is 196 g/mol. The number of rotatable bonds is 5. The third kappa shape index (κ3) is 5.77. The molecule has 1 amide bonds. The van der Waals surface area contributed by atoms with Crippen molar-refractivity contribution in [1.82, 2.24) is 5.32 Å². The van der Waals surface area contributed by atoms with E-state index in [0.717, 1.165) is 0 Å². The van der Waals surface area contributed by atoms with Crippen molar-refractivity contribution in [2.45, 2.75) is 19.8 Å². The number of carbonyl (C=O) groups is 2. The first-order valence-corrected chi connectivity index (χ1v) is 4.11. The van der Waals surface area contributed by atoms with Crippen LogP contribution < -0.4 is 5.32 Å². The van der Waals surface area contributed by atoms with E-state index in [-0.39, 0.29) is 17.9 Å². The highest BCUT2D eigenvalue weighted by atomic mass is 16.4. The van der Waals surface area contributed by atoms with Crippen molar-refractivity contribution in [1.29, 1.82) is 5.26 Å². The summed E-state index contributed by atoms with van der Waals surface area (Å²) in [7, 11) is 0. The van der Waals surface area contributed by atoms with E-state index in [9.17, 15) is 9.59 Å². The number of aliphatic carboxylic acids is 1. The number of carbonyl (C=O) groups excluding carboxylic acids is 1. The molecular formula is C9H12N2O3. The van der Waals surface area contributed by atoms with Gasteiger partial charge < -0.3 is 10.4 Å². The number of amides is 1. The summed E-state index contributed by atoms with van der Waals surface area (Å²) in [6, 6.07) is 1.71. The lowest BCUT2D eigenvalue weighted by atomic mass is 10.2. The number of hydrogen-bond donors (Lipinski definition) is 2. The van der Waals surface area contributed by atoms with Crippen LogP contribution in [0.15, 0.2) is 11.6 Å². The van der Waals surface area contributed by atoms with Gasteiger partial charge in [0.05, 0.1) is 6.07 Å². The quantitative estimate of drug-likeness (QED) is 0.493. The Morgan fingerprint density at radius 2 is 2.21 bits per heavy atom. The minimum atomic E-state index is -0.964. The largest absolute Gasteiger partial charge is 0.478 e. The van der Waals surface area contributed by atoms with Gasteiger partial charge in [0.1, 0.15) is 6.42 Å². The van der Waals surface area contributed by atoms with Crippen molar-refractivity contribution in [2.24, 2.45) is 0 Å². The van der Waals surface area contributed by atoms with Crippen LogP contribution >= 0.6 is 0 Å². The molecule has 5 heteroatoms. The smallest absolute Gasteiger partial charge is 0.330 e. The minimum Gasteiger partial charge on any atom is -0.478 e. The van der Waals surface area contributed by atoms with Crippen LogP contribution in [0.4, 0.5) is 0 Å². The highest BCUT2D eigenvalue weighted by Crippen LogP contribution is 1.94. The number of carboxylic acids is 1. The number of hydrogen-bond acceptors (Lipinski definition) is 3. The molecule has 0 atom stereocenters. The van der Waals surface area contributed by atoms with Crippen LogP contribution in [0.25, 0.3) is 0 Å². The van der Waals surface area contributed by atoms with Gasteiger partial charge in [-0.15, -0.1) is 0 Å². The molecule has 0 unspecified atom stereocenters. The molecule has 2 N–H and O–H groups in total. The molecule has 0 aromatic heterocycles. The monoisotopic (exact) mass is 196 g/mol. The van der Waals surface area contributed by atoms with Gasteiger partial charge in [-0.1, -0.05) is 6.08 Å². The molecular weight excluding hydrogens is 184 g/mol. The SMILES string of the molecule is CC(=CCCNC(=O)CC#N)C(=O)O. The van der Waals surface area contributed by atoms with Gasteiger partial charge in [0.25, 0.3) is 0 Å². The summed E-state index contributed by atoms with van der Waals surface area (Å²) in [6.07, 6.45) is 1.81. The van der Waals surface area contributed by atoms with Crippen LogP contribution in [0.5, 0.6) is 0 Å². The second kappa shape index (κ2) is 6.66. The van der Waals surface area contributed by atoms with E-state index >= 15 is 0 Å². The Balaban J connectivity index is 3.67. The molecule has 0 fully saturated rings. The lowest BCUT2D eigenvalue weighted by Crippen LogP contribution is -2.23. The molecule has 0 bridgehead atoms. The molecule has 0 aliphatic rings. The second-order valence-corrected chi connectivity index (χ2v) is 2.67. The average Bonchev–Trinajstić information content (AvgIpc) is 2.12. The van der Waals surface area contributed by atoms with E-state index in [2.05, 4.69) is 5.32 Å². The maximum absolute atomic E-state index is 10.8. The van der Waals surface area contributed by atoms with Gasteiger partial charge in [-0.2, -0.15) is 5.26 Å². The molecule has 76 valence electrons. The van der Waals surface area contributed by atoms with Crippen LogP contribution in [-0.2, 0) is 9.59 Å². The van der Waals surface area contributed by atoms with Crippen LogP contribution in [0, 0.1) is 11.3 Å². The highest BCUT2D eigenvalue weighted by Gasteiger charge is 1.99. The molecule has 0 aliphatic heterocycles. The fraction of sp³-hybridized carbons (Fsp3) is 0.444. The minimum absolute atomic E-state index is 0.165. The van der Waals surface area contributed by atoms with E-state index in [1.165, 1.54) is 13.0 Å². The predicted molar refractivity (Wildman–Crippen MR) is 49.2 cm³/mol. The van der Waals surface area contributed by atoms with Crippen molar-refractivity contribution >= 4 is 11.9 Å². The van der Waals surface area contributed by atoms with Gasteiger partial charge in [0.15, 0.2) is 0 Å². The highest BCUT2D eigenvalue weighted by molar-refractivity contribution is 5.85. The third-order valence-corrected chi connectivity index (χ3v) is 1.49. The molecule has 0 aromatic carbocycles. The third-order valence-electron chi connectivity index (χ3n) is 1.49. The van der Waals surface area contributed by atoms with Crippen molar-refractivity contribution in [3.8, 4) is 6.07 Å². The molecule has 0 aliphatic carbocycles. The number of nitrogens with one attached hydrogen (secondary N) is 1. The lowest BCUT2D eigenvalue weighted by Gasteiger charge is -1.99. The van der Waals surface area contributed by atoms with Gasteiger partial charge in [-0.25, -0.2) is 4.79 Å². The maximum atomic E-state index is 10.8. The van der Waals surface area contributed by atoms with Crippen LogP contribution in [0.3, 0.4) is 0 Å². The van der Waals surface area contributed by atoms with Gasteiger partial charge in [0, 0.05) is 12.1 Å². The molecule has 0 spiro atoms. The molecule has 14 heavy (non-hydrogen) atoms. The van der Waals surface area contributed by atoms with Crippen molar-refractivity contribution in [2.75, 3.05) is 6.54 Å². The first-order valence-electron chi connectivity index (χ1n) is 4.11. The zero-order chi connectivity index (χ0) is 11.0. The van der Waals surface area contributed by atoms with Gasteiger partial charge in [-0.3, -0.25) is 4.79 Å². The van der Waals surface area contributed by atoms with Crippen molar-refractivity contribution < 1.29 is 14.7 Å². The Kier molecular flexibility index (Phi) is 5.79. The van der Waals surface area contributed by atoms with Crippen molar-refractivity contribution in [3.05, 3.63) is 11.6 Å². The Bertz CT molecular complexity index is 289. The van der Waals surface area contributed by atoms with Crippen LogP contribution in [0.2, 0.25) is 0 Å². The second-order valence-electron chi connectivity index (χ2n) is 2.67. The summed E-state index contributed by atoms with van der Waals surface area (Å²) in [5, 5.41) is 19.1. The maximum Gasteiger partial charge on any atom is 0.330 e. The Hall–Kier alpha value is -1.83. The Morgan fingerprint density at radius 1 is 1.57 bits per heavy atom. The fourth-order valence-electron chi connectivity index (χ4n) is 0.722.